The van der Waals surface area contributed by atoms with Gasteiger partial charge in [0, 0.05) is 11.1 Å². The lowest BCUT2D eigenvalue weighted by atomic mass is 9.86. The number of rotatable bonds is 19. The molecule has 0 nitrogen and oxygen atoms in total. The zero-order valence-corrected chi connectivity index (χ0v) is 25.8. The Morgan fingerprint density at radius 3 is 1.93 bits per heavy atom. The van der Waals surface area contributed by atoms with Crippen LogP contribution in [-0.4, -0.2) is 0 Å². The molecule has 220 valence electrons. The van der Waals surface area contributed by atoms with Gasteiger partial charge in [-0.1, -0.05) is 110 Å². The van der Waals surface area contributed by atoms with E-state index in [9.17, 15) is 13.2 Å². The molecule has 2 atom stereocenters. The summed E-state index contributed by atoms with van der Waals surface area (Å²) in [6.45, 7) is 35.4. The second kappa shape index (κ2) is 19.1. The molecule has 0 amide bonds. The molecule has 0 fully saturated rings. The van der Waals surface area contributed by atoms with Gasteiger partial charge in [-0.2, -0.15) is 0 Å². The van der Waals surface area contributed by atoms with Crippen molar-refractivity contribution in [2.45, 2.75) is 80.1 Å². The Hall–Kier alpha value is -3.07. The van der Waals surface area contributed by atoms with Crippen LogP contribution >= 0.6 is 0 Å². The molecule has 0 spiro atoms. The Labute approximate surface area is 243 Å². The predicted molar refractivity (Wildman–Crippen MR) is 172 cm³/mol. The first-order chi connectivity index (χ1) is 18.6. The molecule has 0 saturated heterocycles. The Morgan fingerprint density at radius 1 is 0.750 bits per heavy atom. The molecule has 0 aromatic rings. The third kappa shape index (κ3) is 13.8. The van der Waals surface area contributed by atoms with Gasteiger partial charge in [-0.05, 0) is 91.2 Å². The van der Waals surface area contributed by atoms with Crippen molar-refractivity contribution in [1.29, 1.82) is 0 Å². The summed E-state index contributed by atoms with van der Waals surface area (Å²) in [6, 6.07) is 0. The Balaban J connectivity index is 5.18. The van der Waals surface area contributed by atoms with Crippen molar-refractivity contribution in [1.82, 2.24) is 0 Å². The number of hydrogen-bond donors (Lipinski definition) is 0. The third-order valence-electron chi connectivity index (χ3n) is 7.17. The molecule has 0 aliphatic rings. The summed E-state index contributed by atoms with van der Waals surface area (Å²) < 4.78 is 44.1. The van der Waals surface area contributed by atoms with Crippen LogP contribution in [0.15, 0.2) is 132 Å². The van der Waals surface area contributed by atoms with Crippen molar-refractivity contribution in [3.8, 4) is 0 Å². The molecule has 3 heteroatoms. The third-order valence-corrected chi connectivity index (χ3v) is 7.17. The molecule has 0 bridgehead atoms. The zero-order chi connectivity index (χ0) is 31.0. The maximum atomic E-state index is 14.9. The van der Waals surface area contributed by atoms with E-state index in [0.717, 1.165) is 18.4 Å². The van der Waals surface area contributed by atoms with Gasteiger partial charge in [-0.25, -0.2) is 13.2 Å². The van der Waals surface area contributed by atoms with Crippen LogP contribution in [0.1, 0.15) is 80.1 Å². The van der Waals surface area contributed by atoms with E-state index < -0.39 is 17.5 Å². The second-order valence-corrected chi connectivity index (χ2v) is 11.1. The quantitative estimate of drug-likeness (QED) is 0.0849. The predicted octanol–water partition coefficient (Wildman–Crippen LogP) is 12.7. The first-order valence-electron chi connectivity index (χ1n) is 14.2. The van der Waals surface area contributed by atoms with E-state index in [1.165, 1.54) is 31.1 Å². The lowest BCUT2D eigenvalue weighted by molar-refractivity contribution is 0.339. The van der Waals surface area contributed by atoms with Crippen LogP contribution in [0.4, 0.5) is 13.2 Å². The summed E-state index contributed by atoms with van der Waals surface area (Å²) in [5.74, 6) is -0.840. The molecule has 0 aromatic heterocycles. The van der Waals surface area contributed by atoms with Gasteiger partial charge in [0.1, 0.15) is 5.83 Å². The minimum absolute atomic E-state index is 0.0815. The summed E-state index contributed by atoms with van der Waals surface area (Å²) in [5, 5.41) is 0. The molecule has 40 heavy (non-hydrogen) atoms. The van der Waals surface area contributed by atoms with Crippen molar-refractivity contribution >= 4 is 0 Å². The lowest BCUT2D eigenvalue weighted by Crippen LogP contribution is -2.08. The molecule has 0 rings (SSSR count). The van der Waals surface area contributed by atoms with E-state index in [4.69, 9.17) is 0 Å². The fraction of sp³-hybridized carbons (Fsp3) is 0.405. The fourth-order valence-electron chi connectivity index (χ4n) is 3.67. The molecule has 0 heterocycles. The summed E-state index contributed by atoms with van der Waals surface area (Å²) in [4.78, 5) is 0. The Kier molecular flexibility index (Phi) is 17.6. The summed E-state index contributed by atoms with van der Waals surface area (Å²) >= 11 is 0. The highest BCUT2D eigenvalue weighted by molar-refractivity contribution is 5.54. The summed E-state index contributed by atoms with van der Waals surface area (Å²) in [7, 11) is 0. The van der Waals surface area contributed by atoms with Crippen molar-refractivity contribution in [3.05, 3.63) is 132 Å². The Morgan fingerprint density at radius 2 is 1.35 bits per heavy atom. The van der Waals surface area contributed by atoms with Crippen molar-refractivity contribution in [3.63, 3.8) is 0 Å². The van der Waals surface area contributed by atoms with Gasteiger partial charge in [-0.15, -0.1) is 0 Å². The monoisotopic (exact) mass is 552 g/mol. The van der Waals surface area contributed by atoms with Gasteiger partial charge in [-0.3, -0.25) is 0 Å². The molecule has 2 unspecified atom stereocenters. The van der Waals surface area contributed by atoms with Gasteiger partial charge in [0.2, 0.25) is 0 Å². The van der Waals surface area contributed by atoms with Gasteiger partial charge in [0.25, 0.3) is 0 Å². The minimum Gasteiger partial charge on any atom is -0.206 e. The largest absolute Gasteiger partial charge is 0.206 e. The first kappa shape index (κ1) is 36.9. The van der Waals surface area contributed by atoms with Crippen LogP contribution in [0, 0.1) is 17.8 Å². The molecular formula is C37H51F3. The summed E-state index contributed by atoms with van der Waals surface area (Å²) in [6.07, 6.45) is 15.2. The normalized spacial score (nSPS) is 14.8. The van der Waals surface area contributed by atoms with Crippen molar-refractivity contribution < 1.29 is 13.2 Å². The van der Waals surface area contributed by atoms with E-state index in [1.54, 1.807) is 0 Å². The van der Waals surface area contributed by atoms with E-state index >= 15 is 0 Å². The van der Waals surface area contributed by atoms with E-state index in [0.29, 0.717) is 47.3 Å². The molecule has 0 radical (unpaired) electrons. The van der Waals surface area contributed by atoms with Gasteiger partial charge < -0.3 is 0 Å². The molecule has 0 aliphatic carbocycles. The molecule has 0 saturated carbocycles. The average Bonchev–Trinajstić information content (AvgIpc) is 2.92. The van der Waals surface area contributed by atoms with Crippen LogP contribution in [0.3, 0.4) is 0 Å². The summed E-state index contributed by atoms with van der Waals surface area (Å²) in [5.41, 5.74) is 1.85. The van der Waals surface area contributed by atoms with Gasteiger partial charge >= 0.3 is 0 Å². The molecular weight excluding hydrogens is 501 g/mol. The van der Waals surface area contributed by atoms with Crippen molar-refractivity contribution in [2.24, 2.45) is 17.8 Å². The highest BCUT2D eigenvalue weighted by Crippen LogP contribution is 2.30. The Bertz CT molecular complexity index is 1100. The van der Waals surface area contributed by atoms with E-state index in [-0.39, 0.29) is 16.7 Å². The van der Waals surface area contributed by atoms with Crippen molar-refractivity contribution in [2.75, 3.05) is 0 Å². The zero-order valence-electron chi connectivity index (χ0n) is 25.8. The van der Waals surface area contributed by atoms with Gasteiger partial charge in [0.15, 0.2) is 11.7 Å². The van der Waals surface area contributed by atoms with Crippen LogP contribution in [0.2, 0.25) is 0 Å². The highest BCUT2D eigenvalue weighted by atomic mass is 19.2. The molecule has 0 N–H and O–H groups in total. The maximum absolute atomic E-state index is 14.9. The fourth-order valence-corrected chi connectivity index (χ4v) is 3.67. The second-order valence-electron chi connectivity index (χ2n) is 11.1. The van der Waals surface area contributed by atoms with Gasteiger partial charge in [0.05, 0.1) is 0 Å². The lowest BCUT2D eigenvalue weighted by Gasteiger charge is -2.20. The number of unbranched alkanes of at least 4 members (excludes halogenated alkanes) is 1. The van der Waals surface area contributed by atoms with E-state index in [2.05, 4.69) is 67.2 Å². The average molecular weight is 553 g/mol. The van der Waals surface area contributed by atoms with Crippen LogP contribution in [0.5, 0.6) is 0 Å². The van der Waals surface area contributed by atoms with Crippen LogP contribution in [0.25, 0.3) is 0 Å². The topological polar surface area (TPSA) is 0 Å². The van der Waals surface area contributed by atoms with Crippen LogP contribution in [-0.2, 0) is 0 Å². The number of halogens is 3. The first-order valence-corrected chi connectivity index (χ1v) is 14.2. The minimum atomic E-state index is -1.09. The SMILES string of the molecule is C=C(/C=C\C(=C)C(=C)/C(F)=C(/F)C(=C)CCC/C=C\C)C(=C)/C=C(/F)C(=C)/C(C)=C/CC(C)C(C)CCC(C)C. The van der Waals surface area contributed by atoms with Crippen LogP contribution < -0.4 is 0 Å². The smallest absolute Gasteiger partial charge is 0.166 e. The molecule has 0 aromatic carbocycles. The number of hydrogen-bond acceptors (Lipinski definition) is 0. The highest BCUT2D eigenvalue weighted by Gasteiger charge is 2.15. The molecule has 0 aliphatic heterocycles. The standard InChI is InChI=1S/C37H51F3/c1-13-14-15-16-17-31(9)36(39)37(40)34(12)30(8)23-21-28(6)32(10)24-35(38)33(11)29(7)22-20-27(5)26(4)19-18-25(2)3/h13-14,21-27H,6,8-12,15-20H2,1-5,7H3/b14-13-,23-21-,29-22+,35-24+,37-36-. The number of allylic oxidation sites excluding steroid dienone is 16. The van der Waals surface area contributed by atoms with E-state index in [1.807, 2.05) is 32.1 Å². The maximum Gasteiger partial charge on any atom is 0.166 e.